The monoisotopic (exact) mass is 358 g/mol. The van der Waals surface area contributed by atoms with Crippen LogP contribution in [0, 0.1) is 10.1 Å². The number of hydrogen-bond acceptors (Lipinski definition) is 6. The molecule has 8 heteroatoms. The topological polar surface area (TPSA) is 91.1 Å². The highest BCUT2D eigenvalue weighted by Crippen LogP contribution is 2.30. The molecule has 8 nitrogen and oxygen atoms in total. The van der Waals surface area contributed by atoms with E-state index in [0.29, 0.717) is 35.9 Å². The SMILES string of the molecule is COc1ccc(CN2Cc3ccc([N+](=O)[O-])cc3OCC2=O)c(OC)c1. The lowest BCUT2D eigenvalue weighted by Crippen LogP contribution is -2.32. The summed E-state index contributed by atoms with van der Waals surface area (Å²) in [6.07, 6.45) is 0. The smallest absolute Gasteiger partial charge is 0.273 e. The Balaban J connectivity index is 1.86. The third-order valence-corrected chi connectivity index (χ3v) is 4.18. The number of carbonyl (C=O) groups is 1. The fraction of sp³-hybridized carbons (Fsp3) is 0.278. The molecule has 0 radical (unpaired) electrons. The zero-order chi connectivity index (χ0) is 18.7. The van der Waals surface area contributed by atoms with E-state index in [4.69, 9.17) is 14.2 Å². The van der Waals surface area contributed by atoms with Gasteiger partial charge in [0.1, 0.15) is 17.2 Å². The van der Waals surface area contributed by atoms with Gasteiger partial charge in [-0.3, -0.25) is 14.9 Å². The molecule has 0 atom stereocenters. The molecule has 0 unspecified atom stereocenters. The molecule has 1 heterocycles. The average molecular weight is 358 g/mol. The van der Waals surface area contributed by atoms with Crippen LogP contribution in [0.4, 0.5) is 5.69 Å². The van der Waals surface area contributed by atoms with Gasteiger partial charge in [-0.05, 0) is 18.2 Å². The summed E-state index contributed by atoms with van der Waals surface area (Å²) in [5, 5.41) is 10.9. The fourth-order valence-electron chi connectivity index (χ4n) is 2.78. The zero-order valence-corrected chi connectivity index (χ0v) is 14.4. The summed E-state index contributed by atoms with van der Waals surface area (Å²) in [6.45, 7) is 0.444. The Bertz CT molecular complexity index is 852. The molecule has 1 aliphatic rings. The maximum atomic E-state index is 12.4. The lowest BCUT2D eigenvalue weighted by Gasteiger charge is -2.21. The number of nitrogens with zero attached hydrogens (tertiary/aromatic N) is 2. The number of benzene rings is 2. The maximum absolute atomic E-state index is 12.4. The molecule has 136 valence electrons. The van der Waals surface area contributed by atoms with Gasteiger partial charge in [-0.1, -0.05) is 0 Å². The van der Waals surface area contributed by atoms with E-state index < -0.39 is 4.92 Å². The highest BCUT2D eigenvalue weighted by Gasteiger charge is 2.24. The second-order valence-electron chi connectivity index (χ2n) is 5.77. The number of non-ortho nitro benzene ring substituents is 1. The summed E-state index contributed by atoms with van der Waals surface area (Å²) >= 11 is 0. The lowest BCUT2D eigenvalue weighted by atomic mass is 10.1. The predicted octanol–water partition coefficient (Wildman–Crippen LogP) is 2.53. The molecule has 2 aromatic rings. The quantitative estimate of drug-likeness (QED) is 0.602. The van der Waals surface area contributed by atoms with E-state index in [1.54, 1.807) is 37.3 Å². The molecule has 0 aliphatic carbocycles. The first-order chi connectivity index (χ1) is 12.5. The molecule has 0 bridgehead atoms. The Kier molecular flexibility index (Phi) is 4.92. The van der Waals surface area contributed by atoms with Crippen LogP contribution in [0.2, 0.25) is 0 Å². The number of nitro groups is 1. The van der Waals surface area contributed by atoms with Crippen LogP contribution in [-0.2, 0) is 17.9 Å². The minimum Gasteiger partial charge on any atom is -0.497 e. The van der Waals surface area contributed by atoms with E-state index in [9.17, 15) is 14.9 Å². The second kappa shape index (κ2) is 7.30. The first-order valence-corrected chi connectivity index (χ1v) is 7.90. The van der Waals surface area contributed by atoms with Gasteiger partial charge in [0.25, 0.3) is 11.6 Å². The largest absolute Gasteiger partial charge is 0.497 e. The highest BCUT2D eigenvalue weighted by atomic mass is 16.6. The molecule has 0 saturated carbocycles. The molecule has 0 spiro atoms. The number of hydrogen-bond donors (Lipinski definition) is 0. The van der Waals surface area contributed by atoms with E-state index in [1.807, 2.05) is 6.07 Å². The average Bonchev–Trinajstić information content (AvgIpc) is 2.80. The van der Waals surface area contributed by atoms with Crippen molar-refractivity contribution in [1.29, 1.82) is 0 Å². The standard InChI is InChI=1S/C18H18N2O6/c1-24-15-6-4-12(16(8-15)25-2)9-19-10-13-3-5-14(20(22)23)7-17(13)26-11-18(19)21/h3-8H,9-11H2,1-2H3. The minimum atomic E-state index is -0.490. The first kappa shape index (κ1) is 17.5. The predicted molar refractivity (Wildman–Crippen MR) is 92.4 cm³/mol. The molecule has 0 aromatic heterocycles. The van der Waals surface area contributed by atoms with Crippen molar-refractivity contribution < 1.29 is 23.9 Å². The van der Waals surface area contributed by atoms with Gasteiger partial charge in [0.2, 0.25) is 0 Å². The zero-order valence-electron chi connectivity index (χ0n) is 14.4. The van der Waals surface area contributed by atoms with E-state index in [1.165, 1.54) is 12.1 Å². The molecule has 0 N–H and O–H groups in total. The summed E-state index contributed by atoms with van der Waals surface area (Å²) in [5.74, 6) is 1.43. The van der Waals surface area contributed by atoms with Gasteiger partial charge in [-0.2, -0.15) is 0 Å². The highest BCUT2D eigenvalue weighted by molar-refractivity contribution is 5.78. The molecule has 1 amide bonds. The van der Waals surface area contributed by atoms with Crippen LogP contribution in [0.1, 0.15) is 11.1 Å². The molecular formula is C18H18N2O6. The van der Waals surface area contributed by atoms with Gasteiger partial charge < -0.3 is 19.1 Å². The van der Waals surface area contributed by atoms with E-state index in [2.05, 4.69) is 0 Å². The number of methoxy groups -OCH3 is 2. The van der Waals surface area contributed by atoms with Crippen molar-refractivity contribution in [1.82, 2.24) is 4.90 Å². The van der Waals surface area contributed by atoms with Gasteiger partial charge >= 0.3 is 0 Å². The fourth-order valence-corrected chi connectivity index (χ4v) is 2.78. The van der Waals surface area contributed by atoms with Gasteiger partial charge in [0.05, 0.1) is 25.2 Å². The Labute approximate surface area is 150 Å². The van der Waals surface area contributed by atoms with Crippen molar-refractivity contribution in [3.05, 3.63) is 57.6 Å². The van der Waals surface area contributed by atoms with Crippen molar-refractivity contribution in [3.8, 4) is 17.2 Å². The Morgan fingerprint density at radius 3 is 2.69 bits per heavy atom. The molecule has 2 aromatic carbocycles. The normalized spacial score (nSPS) is 13.5. The molecule has 26 heavy (non-hydrogen) atoms. The Hall–Kier alpha value is -3.29. The number of rotatable bonds is 5. The van der Waals surface area contributed by atoms with Crippen LogP contribution in [0.25, 0.3) is 0 Å². The molecule has 0 fully saturated rings. The van der Waals surface area contributed by atoms with Crippen molar-refractivity contribution in [2.75, 3.05) is 20.8 Å². The van der Waals surface area contributed by atoms with Crippen LogP contribution in [0.15, 0.2) is 36.4 Å². The van der Waals surface area contributed by atoms with Gasteiger partial charge in [0.15, 0.2) is 6.61 Å². The summed E-state index contributed by atoms with van der Waals surface area (Å²) in [5.41, 5.74) is 1.47. The van der Waals surface area contributed by atoms with Crippen LogP contribution in [0.3, 0.4) is 0 Å². The third kappa shape index (κ3) is 3.53. The summed E-state index contributed by atoms with van der Waals surface area (Å²) in [4.78, 5) is 24.5. The third-order valence-electron chi connectivity index (χ3n) is 4.18. The minimum absolute atomic E-state index is 0.0681. The Morgan fingerprint density at radius 1 is 1.19 bits per heavy atom. The molecule has 3 rings (SSSR count). The molecule has 0 saturated heterocycles. The van der Waals surface area contributed by atoms with Crippen LogP contribution >= 0.6 is 0 Å². The van der Waals surface area contributed by atoms with E-state index in [-0.39, 0.29) is 18.2 Å². The van der Waals surface area contributed by atoms with Gasteiger partial charge in [-0.15, -0.1) is 0 Å². The number of nitro benzene ring substituents is 1. The number of amides is 1. The number of fused-ring (bicyclic) bond motifs is 1. The Morgan fingerprint density at radius 2 is 2.00 bits per heavy atom. The van der Waals surface area contributed by atoms with Crippen molar-refractivity contribution >= 4 is 11.6 Å². The second-order valence-corrected chi connectivity index (χ2v) is 5.77. The number of ether oxygens (including phenoxy) is 3. The van der Waals surface area contributed by atoms with Crippen molar-refractivity contribution in [2.24, 2.45) is 0 Å². The van der Waals surface area contributed by atoms with E-state index in [0.717, 1.165) is 5.56 Å². The van der Waals surface area contributed by atoms with Crippen molar-refractivity contribution in [2.45, 2.75) is 13.1 Å². The molecular weight excluding hydrogens is 340 g/mol. The van der Waals surface area contributed by atoms with Gasteiger partial charge in [0, 0.05) is 36.3 Å². The first-order valence-electron chi connectivity index (χ1n) is 7.90. The van der Waals surface area contributed by atoms with Gasteiger partial charge in [-0.25, -0.2) is 0 Å². The van der Waals surface area contributed by atoms with Crippen LogP contribution in [0.5, 0.6) is 17.2 Å². The van der Waals surface area contributed by atoms with Crippen molar-refractivity contribution in [3.63, 3.8) is 0 Å². The summed E-state index contributed by atoms with van der Waals surface area (Å²) < 4.78 is 16.0. The van der Waals surface area contributed by atoms with Crippen LogP contribution in [-0.4, -0.2) is 36.6 Å². The summed E-state index contributed by atoms with van der Waals surface area (Å²) in [6, 6.07) is 9.77. The van der Waals surface area contributed by atoms with E-state index >= 15 is 0 Å². The lowest BCUT2D eigenvalue weighted by molar-refractivity contribution is -0.384. The summed E-state index contributed by atoms with van der Waals surface area (Å²) in [7, 11) is 3.13. The molecule has 1 aliphatic heterocycles. The van der Waals surface area contributed by atoms with Crippen LogP contribution < -0.4 is 14.2 Å². The number of carbonyl (C=O) groups excluding carboxylic acids is 1. The maximum Gasteiger partial charge on any atom is 0.273 e.